The lowest BCUT2D eigenvalue weighted by molar-refractivity contribution is -0.135. The Labute approximate surface area is 94.7 Å². The second kappa shape index (κ2) is 3.86. The first-order valence-corrected chi connectivity index (χ1v) is 5.04. The van der Waals surface area contributed by atoms with Gasteiger partial charge in [0.25, 0.3) is 11.8 Å². The monoisotopic (exact) mass is 266 g/mol. The number of rotatable bonds is 2. The van der Waals surface area contributed by atoms with E-state index in [2.05, 4.69) is 21.4 Å². The van der Waals surface area contributed by atoms with Gasteiger partial charge in [0.1, 0.15) is 0 Å². The van der Waals surface area contributed by atoms with Crippen LogP contribution in [0, 0.1) is 0 Å². The van der Waals surface area contributed by atoms with Gasteiger partial charge in [0.15, 0.2) is 0 Å². The molecule has 0 aliphatic carbocycles. The van der Waals surface area contributed by atoms with E-state index in [0.29, 0.717) is 5.69 Å². The maximum atomic E-state index is 11.2. The van der Waals surface area contributed by atoms with Crippen molar-refractivity contribution in [1.29, 1.82) is 0 Å². The van der Waals surface area contributed by atoms with E-state index in [1.807, 2.05) is 12.1 Å². The van der Waals surface area contributed by atoms with Gasteiger partial charge in [0.2, 0.25) is 0 Å². The highest BCUT2D eigenvalue weighted by Crippen LogP contribution is 2.17. The van der Waals surface area contributed by atoms with Gasteiger partial charge in [-0.25, -0.2) is 0 Å². The van der Waals surface area contributed by atoms with Crippen molar-refractivity contribution in [2.45, 2.75) is 0 Å². The zero-order valence-electron chi connectivity index (χ0n) is 7.61. The largest absolute Gasteiger partial charge is 0.288 e. The minimum Gasteiger partial charge on any atom is -0.288 e. The maximum absolute atomic E-state index is 11.2. The molecule has 1 heterocycles. The van der Waals surface area contributed by atoms with Crippen molar-refractivity contribution in [2.24, 2.45) is 0 Å². The second-order valence-corrected chi connectivity index (χ2v) is 3.88. The number of hydrogen-bond donors (Lipinski definition) is 1. The summed E-state index contributed by atoms with van der Waals surface area (Å²) >= 11 is 3.30. The van der Waals surface area contributed by atoms with Crippen molar-refractivity contribution in [1.82, 2.24) is 5.01 Å². The standard InChI is InChI=1S/C10H7BrN2O2/c11-7-2-1-3-8(6-7)12-13-9(14)4-5-10(13)15/h1-6,12H. The number of imide groups is 1. The molecule has 15 heavy (non-hydrogen) atoms. The fraction of sp³-hybridized carbons (Fsp3) is 0. The number of halogens is 1. The molecule has 2 rings (SSSR count). The van der Waals surface area contributed by atoms with Gasteiger partial charge in [-0.2, -0.15) is 5.01 Å². The van der Waals surface area contributed by atoms with E-state index < -0.39 is 0 Å². The first kappa shape index (κ1) is 9.92. The molecule has 1 aromatic carbocycles. The van der Waals surface area contributed by atoms with Gasteiger partial charge in [-0.05, 0) is 18.2 Å². The quantitative estimate of drug-likeness (QED) is 0.830. The molecule has 1 aliphatic rings. The molecule has 0 saturated heterocycles. The van der Waals surface area contributed by atoms with E-state index in [9.17, 15) is 9.59 Å². The van der Waals surface area contributed by atoms with Crippen molar-refractivity contribution < 1.29 is 9.59 Å². The Hall–Kier alpha value is -1.62. The smallest absolute Gasteiger partial charge is 0.272 e. The second-order valence-electron chi connectivity index (χ2n) is 2.97. The highest BCUT2D eigenvalue weighted by molar-refractivity contribution is 9.10. The zero-order chi connectivity index (χ0) is 10.8. The SMILES string of the molecule is O=C1C=CC(=O)N1Nc1cccc(Br)c1. The number of nitrogens with one attached hydrogen (secondary N) is 1. The molecule has 0 spiro atoms. The molecule has 0 unspecified atom stereocenters. The Kier molecular flexibility index (Phi) is 2.55. The fourth-order valence-corrected chi connectivity index (χ4v) is 1.60. The van der Waals surface area contributed by atoms with Gasteiger partial charge in [-0.1, -0.05) is 22.0 Å². The first-order valence-electron chi connectivity index (χ1n) is 4.25. The number of anilines is 1. The number of nitrogens with zero attached hydrogens (tertiary/aromatic N) is 1. The van der Waals surface area contributed by atoms with Crippen LogP contribution in [0.2, 0.25) is 0 Å². The van der Waals surface area contributed by atoms with Crippen molar-refractivity contribution >= 4 is 33.4 Å². The van der Waals surface area contributed by atoms with Crippen LogP contribution in [0.3, 0.4) is 0 Å². The molecule has 1 aliphatic heterocycles. The van der Waals surface area contributed by atoms with E-state index >= 15 is 0 Å². The van der Waals surface area contributed by atoms with Crippen molar-refractivity contribution in [3.05, 3.63) is 40.9 Å². The molecular formula is C10H7BrN2O2. The van der Waals surface area contributed by atoms with Gasteiger partial charge in [0, 0.05) is 16.6 Å². The molecule has 0 saturated carbocycles. The molecule has 1 N–H and O–H groups in total. The van der Waals surface area contributed by atoms with Crippen molar-refractivity contribution in [3.8, 4) is 0 Å². The van der Waals surface area contributed by atoms with Crippen LogP contribution in [0.1, 0.15) is 0 Å². The Balaban J connectivity index is 2.16. The average Bonchev–Trinajstić information content (AvgIpc) is 2.50. The molecule has 0 aromatic heterocycles. The van der Waals surface area contributed by atoms with E-state index in [1.165, 1.54) is 12.2 Å². The molecule has 0 atom stereocenters. The Bertz CT molecular complexity index is 438. The van der Waals surface area contributed by atoms with Gasteiger partial charge in [-0.15, -0.1) is 0 Å². The van der Waals surface area contributed by atoms with Crippen LogP contribution in [0.4, 0.5) is 5.69 Å². The van der Waals surface area contributed by atoms with Crippen LogP contribution in [0.25, 0.3) is 0 Å². The summed E-state index contributed by atoms with van der Waals surface area (Å²) in [5.74, 6) is -0.722. The van der Waals surface area contributed by atoms with Crippen LogP contribution >= 0.6 is 15.9 Å². The van der Waals surface area contributed by atoms with E-state index in [4.69, 9.17) is 0 Å². The number of carbonyl (C=O) groups excluding carboxylic acids is 2. The lowest BCUT2D eigenvalue weighted by Crippen LogP contribution is -2.35. The minimum absolute atomic E-state index is 0.361. The summed E-state index contributed by atoms with van der Waals surface area (Å²) < 4.78 is 0.875. The highest BCUT2D eigenvalue weighted by Gasteiger charge is 2.23. The van der Waals surface area contributed by atoms with E-state index in [-0.39, 0.29) is 11.8 Å². The molecule has 5 heteroatoms. The van der Waals surface area contributed by atoms with Crippen LogP contribution < -0.4 is 5.43 Å². The maximum Gasteiger partial charge on any atom is 0.272 e. The summed E-state index contributed by atoms with van der Waals surface area (Å²) in [6.07, 6.45) is 2.46. The lowest BCUT2D eigenvalue weighted by atomic mass is 10.3. The topological polar surface area (TPSA) is 49.4 Å². The summed E-state index contributed by atoms with van der Waals surface area (Å²) in [6, 6.07) is 7.21. The summed E-state index contributed by atoms with van der Waals surface area (Å²) in [4.78, 5) is 22.4. The summed E-state index contributed by atoms with van der Waals surface area (Å²) in [5, 5.41) is 0.960. The molecule has 4 nitrogen and oxygen atoms in total. The Morgan fingerprint density at radius 1 is 1.13 bits per heavy atom. The number of hydrogen-bond acceptors (Lipinski definition) is 3. The summed E-state index contributed by atoms with van der Waals surface area (Å²) in [6.45, 7) is 0. The van der Waals surface area contributed by atoms with Gasteiger partial charge >= 0.3 is 0 Å². The molecule has 0 radical (unpaired) electrons. The summed E-state index contributed by atoms with van der Waals surface area (Å²) in [7, 11) is 0. The van der Waals surface area contributed by atoms with E-state index in [1.54, 1.807) is 12.1 Å². The molecule has 0 bridgehead atoms. The fourth-order valence-electron chi connectivity index (χ4n) is 1.20. The highest BCUT2D eigenvalue weighted by atomic mass is 79.9. The number of benzene rings is 1. The predicted octanol–water partition coefficient (Wildman–Crippen LogP) is 1.70. The van der Waals surface area contributed by atoms with Crippen LogP contribution in [0.5, 0.6) is 0 Å². The molecule has 2 amide bonds. The zero-order valence-corrected chi connectivity index (χ0v) is 9.19. The average molecular weight is 267 g/mol. The van der Waals surface area contributed by atoms with Crippen LogP contribution in [-0.4, -0.2) is 16.8 Å². The van der Waals surface area contributed by atoms with Crippen molar-refractivity contribution in [3.63, 3.8) is 0 Å². The molecule has 0 fully saturated rings. The third-order valence-corrected chi connectivity index (χ3v) is 2.37. The van der Waals surface area contributed by atoms with Crippen LogP contribution in [-0.2, 0) is 9.59 Å². The predicted molar refractivity (Wildman–Crippen MR) is 58.8 cm³/mol. The van der Waals surface area contributed by atoms with Crippen LogP contribution in [0.15, 0.2) is 40.9 Å². The molecule has 76 valence electrons. The van der Waals surface area contributed by atoms with Gasteiger partial charge < -0.3 is 0 Å². The Morgan fingerprint density at radius 3 is 2.40 bits per heavy atom. The minimum atomic E-state index is -0.361. The number of amides is 2. The number of hydrazine groups is 1. The normalized spacial score (nSPS) is 14.9. The first-order chi connectivity index (χ1) is 7.16. The lowest BCUT2D eigenvalue weighted by Gasteiger charge is -2.16. The molecule has 1 aromatic rings. The van der Waals surface area contributed by atoms with Gasteiger partial charge in [-0.3, -0.25) is 15.0 Å². The molecular weight excluding hydrogens is 260 g/mol. The van der Waals surface area contributed by atoms with E-state index in [0.717, 1.165) is 9.48 Å². The third kappa shape index (κ3) is 2.07. The third-order valence-electron chi connectivity index (χ3n) is 1.87. The van der Waals surface area contributed by atoms with Gasteiger partial charge in [0.05, 0.1) is 5.69 Å². The Morgan fingerprint density at radius 2 is 1.80 bits per heavy atom. The van der Waals surface area contributed by atoms with Crippen molar-refractivity contribution in [2.75, 3.05) is 5.43 Å². The summed E-state index contributed by atoms with van der Waals surface area (Å²) in [5.41, 5.74) is 3.40. The number of carbonyl (C=O) groups is 2.